The Morgan fingerprint density at radius 3 is 2.50 bits per heavy atom. The number of anilines is 1. The van der Waals surface area contributed by atoms with Crippen LogP contribution in [0.1, 0.15) is 35.6 Å². The second kappa shape index (κ2) is 9.13. The topological polar surface area (TPSA) is 61.4 Å². The van der Waals surface area contributed by atoms with E-state index in [0.717, 1.165) is 23.2 Å². The van der Waals surface area contributed by atoms with E-state index in [1.165, 1.54) is 21.9 Å². The summed E-state index contributed by atoms with van der Waals surface area (Å²) in [6.07, 6.45) is 1.33. The number of likely N-dealkylation sites (N-methyl/N-ethyl adjacent to an activating group) is 1. The van der Waals surface area contributed by atoms with Crippen LogP contribution < -0.4 is 15.5 Å². The molecule has 1 aliphatic heterocycles. The Morgan fingerprint density at radius 1 is 1.06 bits per heavy atom. The molecule has 0 fully saturated rings. The molecule has 0 aromatic heterocycles. The van der Waals surface area contributed by atoms with Crippen molar-refractivity contribution < 1.29 is 9.59 Å². The molecule has 0 aliphatic carbocycles. The first-order chi connectivity index (χ1) is 15.4. The largest absolute Gasteiger partial charge is 0.343 e. The Bertz CT molecular complexity index is 1170. The molecule has 32 heavy (non-hydrogen) atoms. The average Bonchev–Trinajstić information content (AvgIpc) is 2.93. The van der Waals surface area contributed by atoms with Gasteiger partial charge in [0.25, 0.3) is 0 Å². The van der Waals surface area contributed by atoms with Crippen molar-refractivity contribution in [3.8, 4) is 0 Å². The van der Waals surface area contributed by atoms with Gasteiger partial charge in [0.05, 0.1) is 12.6 Å². The summed E-state index contributed by atoms with van der Waals surface area (Å²) in [6.45, 7) is 6.50. The van der Waals surface area contributed by atoms with Gasteiger partial charge in [0.2, 0.25) is 11.8 Å². The summed E-state index contributed by atoms with van der Waals surface area (Å²) in [5.74, 6) is -0.218. The highest BCUT2D eigenvalue weighted by molar-refractivity contribution is 6.01. The Morgan fingerprint density at radius 2 is 1.75 bits per heavy atom. The van der Waals surface area contributed by atoms with E-state index in [1.807, 2.05) is 29.2 Å². The van der Waals surface area contributed by atoms with Crippen LogP contribution in [0.2, 0.25) is 0 Å². The van der Waals surface area contributed by atoms with Crippen molar-refractivity contribution in [3.05, 3.63) is 76.9 Å². The van der Waals surface area contributed by atoms with Crippen molar-refractivity contribution >= 4 is 28.3 Å². The molecule has 2 atom stereocenters. The summed E-state index contributed by atoms with van der Waals surface area (Å²) >= 11 is 0. The van der Waals surface area contributed by atoms with Gasteiger partial charge in [0.15, 0.2) is 0 Å². The van der Waals surface area contributed by atoms with E-state index >= 15 is 0 Å². The van der Waals surface area contributed by atoms with Crippen molar-refractivity contribution in [3.63, 3.8) is 0 Å². The molecule has 1 aliphatic rings. The summed E-state index contributed by atoms with van der Waals surface area (Å²) in [7, 11) is 1.74. The second-order valence-corrected chi connectivity index (χ2v) is 8.70. The lowest BCUT2D eigenvalue weighted by molar-refractivity contribution is -0.128. The Labute approximate surface area is 189 Å². The van der Waals surface area contributed by atoms with Crippen LogP contribution in [0, 0.1) is 13.8 Å². The van der Waals surface area contributed by atoms with Gasteiger partial charge in [-0.2, -0.15) is 0 Å². The molecule has 3 aromatic rings. The predicted molar refractivity (Wildman–Crippen MR) is 130 cm³/mol. The van der Waals surface area contributed by atoms with Crippen molar-refractivity contribution in [2.24, 2.45) is 0 Å². The van der Waals surface area contributed by atoms with Gasteiger partial charge in [-0.3, -0.25) is 9.59 Å². The Hall–Kier alpha value is -3.18. The van der Waals surface area contributed by atoms with Crippen LogP contribution in [-0.4, -0.2) is 30.9 Å². The number of aryl methyl sites for hydroxylation is 3. The third-order valence-electron chi connectivity index (χ3n) is 6.59. The minimum Gasteiger partial charge on any atom is -0.343 e. The van der Waals surface area contributed by atoms with Gasteiger partial charge >= 0.3 is 0 Å². The lowest BCUT2D eigenvalue weighted by Gasteiger charge is -2.28. The van der Waals surface area contributed by atoms with Gasteiger partial charge in [-0.05, 0) is 79.8 Å². The van der Waals surface area contributed by atoms with E-state index in [-0.39, 0.29) is 17.9 Å². The fourth-order valence-corrected chi connectivity index (χ4v) is 4.60. The highest BCUT2D eigenvalue weighted by atomic mass is 16.2. The van der Waals surface area contributed by atoms with Crippen LogP contribution >= 0.6 is 0 Å². The molecular formula is C27H31N3O2. The molecule has 1 heterocycles. The van der Waals surface area contributed by atoms with E-state index in [4.69, 9.17) is 0 Å². The molecule has 2 amide bonds. The number of nitrogens with zero attached hydrogens (tertiary/aromatic N) is 1. The molecule has 0 saturated carbocycles. The Kier molecular flexibility index (Phi) is 6.28. The van der Waals surface area contributed by atoms with Gasteiger partial charge in [-0.1, -0.05) is 48.5 Å². The smallest absolute Gasteiger partial charge is 0.249 e. The van der Waals surface area contributed by atoms with Gasteiger partial charge in [0.1, 0.15) is 6.04 Å². The summed E-state index contributed by atoms with van der Waals surface area (Å²) in [5, 5.41) is 8.30. The van der Waals surface area contributed by atoms with Crippen molar-refractivity contribution in [2.75, 3.05) is 11.9 Å². The lowest BCUT2D eigenvalue weighted by atomic mass is 9.95. The van der Waals surface area contributed by atoms with E-state index in [9.17, 15) is 9.59 Å². The number of amides is 2. The number of carbonyl (C=O) groups is 2. The number of benzene rings is 3. The maximum absolute atomic E-state index is 13.8. The summed E-state index contributed by atoms with van der Waals surface area (Å²) < 4.78 is 0. The van der Waals surface area contributed by atoms with Crippen LogP contribution in [0.3, 0.4) is 0 Å². The number of fused-ring (bicyclic) bond motifs is 2. The van der Waals surface area contributed by atoms with Gasteiger partial charge < -0.3 is 15.5 Å². The maximum atomic E-state index is 13.8. The molecular weight excluding hydrogens is 398 g/mol. The van der Waals surface area contributed by atoms with Crippen molar-refractivity contribution in [2.45, 2.75) is 52.2 Å². The van der Waals surface area contributed by atoms with Crippen LogP contribution in [0.5, 0.6) is 0 Å². The molecule has 0 bridgehead atoms. The molecule has 2 N–H and O–H groups in total. The number of para-hydroxylation sites is 1. The zero-order valence-electron chi connectivity index (χ0n) is 19.2. The van der Waals surface area contributed by atoms with E-state index in [0.29, 0.717) is 13.0 Å². The quantitative estimate of drug-likeness (QED) is 0.644. The maximum Gasteiger partial charge on any atom is 0.249 e. The monoisotopic (exact) mass is 429 g/mol. The molecule has 3 aromatic carbocycles. The zero-order chi connectivity index (χ0) is 22.8. The van der Waals surface area contributed by atoms with Crippen molar-refractivity contribution in [1.82, 2.24) is 10.6 Å². The third-order valence-corrected chi connectivity index (χ3v) is 6.59. The summed E-state index contributed by atoms with van der Waals surface area (Å²) in [5.41, 5.74) is 5.61. The van der Waals surface area contributed by atoms with Crippen LogP contribution in [0.25, 0.3) is 10.8 Å². The van der Waals surface area contributed by atoms with Gasteiger partial charge in [-0.15, -0.1) is 0 Å². The van der Waals surface area contributed by atoms with Crippen LogP contribution in [0.4, 0.5) is 5.69 Å². The molecule has 0 saturated heterocycles. The SMILES string of the molecule is CNC(C)C(=O)NC1CCc2ccccc2N(Cc2c(C)cc(C)c3ccccc23)C1=O. The lowest BCUT2D eigenvalue weighted by Crippen LogP contribution is -2.52. The average molecular weight is 430 g/mol. The number of nitrogens with one attached hydrogen (secondary N) is 2. The van der Waals surface area contributed by atoms with Crippen LogP contribution in [-0.2, 0) is 22.6 Å². The molecule has 5 heteroatoms. The molecule has 166 valence electrons. The first-order valence-electron chi connectivity index (χ1n) is 11.3. The zero-order valence-corrected chi connectivity index (χ0v) is 19.2. The predicted octanol–water partition coefficient (Wildman–Crippen LogP) is 4.03. The van der Waals surface area contributed by atoms with Crippen LogP contribution in [0.15, 0.2) is 54.6 Å². The first kappa shape index (κ1) is 22.0. The molecule has 4 rings (SSSR count). The second-order valence-electron chi connectivity index (χ2n) is 8.70. The van der Waals surface area contributed by atoms with E-state index < -0.39 is 6.04 Å². The molecule has 0 spiro atoms. The summed E-state index contributed by atoms with van der Waals surface area (Å²) in [4.78, 5) is 28.2. The minimum atomic E-state index is -0.553. The number of hydrogen-bond acceptors (Lipinski definition) is 3. The first-order valence-corrected chi connectivity index (χ1v) is 11.3. The summed E-state index contributed by atoms with van der Waals surface area (Å²) in [6, 6.07) is 17.7. The number of hydrogen-bond donors (Lipinski definition) is 2. The van der Waals surface area contributed by atoms with Gasteiger partial charge in [0, 0.05) is 5.69 Å². The van der Waals surface area contributed by atoms with E-state index in [1.54, 1.807) is 14.0 Å². The number of rotatable bonds is 5. The molecule has 5 nitrogen and oxygen atoms in total. The highest BCUT2D eigenvalue weighted by Crippen LogP contribution is 2.32. The fraction of sp³-hybridized carbons (Fsp3) is 0.333. The molecule has 2 unspecified atom stereocenters. The third kappa shape index (κ3) is 4.13. The van der Waals surface area contributed by atoms with Crippen molar-refractivity contribution in [1.29, 1.82) is 0 Å². The number of carbonyl (C=O) groups excluding carboxylic acids is 2. The minimum absolute atomic E-state index is 0.0596. The van der Waals surface area contributed by atoms with E-state index in [2.05, 4.69) is 54.8 Å². The Balaban J connectivity index is 1.76. The standard InChI is InChI=1S/C27H31N3O2/c1-17-15-18(2)23(22-11-7-6-10-21(17)22)16-30-25-12-8-5-9-20(25)13-14-24(27(30)32)29-26(31)19(3)28-4/h5-12,15,19,24,28H,13-14,16H2,1-4H3,(H,29,31). The highest BCUT2D eigenvalue weighted by Gasteiger charge is 2.32. The molecule has 0 radical (unpaired) electrons. The van der Waals surface area contributed by atoms with Gasteiger partial charge in [-0.25, -0.2) is 0 Å². The fourth-order valence-electron chi connectivity index (χ4n) is 4.60. The normalized spacial score (nSPS) is 17.1.